The van der Waals surface area contributed by atoms with Crippen molar-refractivity contribution in [2.24, 2.45) is 0 Å². The smallest absolute Gasteiger partial charge is 0.186 e. The Kier molecular flexibility index (Phi) is 3.15. The Balaban J connectivity index is 2.21. The number of carbonyl (C=O) groups excluding carboxylic acids is 2. The molecule has 0 radical (unpaired) electrons. The molecular weight excluding hydrogens is 212 g/mol. The number of rotatable bonds is 2. The Labute approximate surface area is 100.0 Å². The average Bonchev–Trinajstić information content (AvgIpc) is 2.30. The second-order valence-corrected chi connectivity index (χ2v) is 3.95. The molecule has 0 saturated heterocycles. The summed E-state index contributed by atoms with van der Waals surface area (Å²) in [4.78, 5) is 22.6. The van der Waals surface area contributed by atoms with Crippen LogP contribution in [0.15, 0.2) is 54.1 Å². The maximum Gasteiger partial charge on any atom is 0.186 e. The van der Waals surface area contributed by atoms with Gasteiger partial charge in [0, 0.05) is 5.57 Å². The number of hydrogen-bond donors (Lipinski definition) is 0. The summed E-state index contributed by atoms with van der Waals surface area (Å²) in [6.07, 6.45) is 7.46. The Morgan fingerprint density at radius 3 is 2.65 bits per heavy atom. The Morgan fingerprint density at radius 2 is 1.88 bits per heavy atom. The maximum atomic E-state index is 11.5. The van der Waals surface area contributed by atoms with Crippen LogP contribution in [0, 0.1) is 6.92 Å². The number of ketones is 2. The van der Waals surface area contributed by atoms with Gasteiger partial charge in [-0.2, -0.15) is 0 Å². The van der Waals surface area contributed by atoms with E-state index in [1.54, 1.807) is 6.08 Å². The monoisotopic (exact) mass is 224 g/mol. The van der Waals surface area contributed by atoms with Crippen molar-refractivity contribution < 1.29 is 9.59 Å². The van der Waals surface area contributed by atoms with E-state index in [0.717, 1.165) is 11.1 Å². The topological polar surface area (TPSA) is 34.1 Å². The van der Waals surface area contributed by atoms with Crippen LogP contribution < -0.4 is 0 Å². The first-order chi connectivity index (χ1) is 8.15. The van der Waals surface area contributed by atoms with E-state index in [0.29, 0.717) is 5.57 Å². The molecule has 2 heteroatoms. The molecule has 0 bridgehead atoms. The molecule has 84 valence electrons. The summed E-state index contributed by atoms with van der Waals surface area (Å²) in [5.74, 6) is -0.276. The molecule has 0 amide bonds. The summed E-state index contributed by atoms with van der Waals surface area (Å²) in [5.41, 5.74) is 2.60. The van der Waals surface area contributed by atoms with Crippen LogP contribution in [-0.4, -0.2) is 11.6 Å². The molecule has 2 rings (SSSR count). The minimum absolute atomic E-state index is 0.131. The minimum atomic E-state index is -0.145. The fourth-order valence-corrected chi connectivity index (χ4v) is 1.62. The summed E-state index contributed by atoms with van der Waals surface area (Å²) in [7, 11) is 0. The van der Waals surface area contributed by atoms with E-state index in [-0.39, 0.29) is 11.6 Å². The lowest BCUT2D eigenvalue weighted by Crippen LogP contribution is -2.05. The van der Waals surface area contributed by atoms with Gasteiger partial charge in [0.15, 0.2) is 11.6 Å². The molecule has 17 heavy (non-hydrogen) atoms. The second kappa shape index (κ2) is 4.74. The van der Waals surface area contributed by atoms with E-state index in [4.69, 9.17) is 0 Å². The van der Waals surface area contributed by atoms with Crippen LogP contribution in [0.2, 0.25) is 0 Å². The van der Waals surface area contributed by atoms with E-state index < -0.39 is 0 Å². The third kappa shape index (κ3) is 2.88. The Morgan fingerprint density at radius 1 is 1.06 bits per heavy atom. The molecule has 1 aromatic rings. The van der Waals surface area contributed by atoms with Crippen molar-refractivity contribution in [3.05, 3.63) is 65.3 Å². The second-order valence-electron chi connectivity index (χ2n) is 3.95. The molecule has 0 aromatic heterocycles. The van der Waals surface area contributed by atoms with Crippen LogP contribution in [0.1, 0.15) is 11.1 Å². The highest BCUT2D eigenvalue weighted by molar-refractivity contribution is 6.18. The molecular formula is C15H12O2. The van der Waals surface area contributed by atoms with Gasteiger partial charge in [-0.3, -0.25) is 9.59 Å². The van der Waals surface area contributed by atoms with Crippen LogP contribution in [0.25, 0.3) is 6.08 Å². The highest BCUT2D eigenvalue weighted by Gasteiger charge is 2.09. The zero-order chi connectivity index (χ0) is 12.3. The van der Waals surface area contributed by atoms with E-state index in [2.05, 4.69) is 0 Å². The third-order valence-corrected chi connectivity index (χ3v) is 2.48. The molecule has 0 saturated carbocycles. The molecule has 2 nitrogen and oxygen atoms in total. The molecule has 0 aliphatic heterocycles. The first-order valence-corrected chi connectivity index (χ1v) is 5.38. The number of aryl methyl sites for hydroxylation is 1. The van der Waals surface area contributed by atoms with Crippen molar-refractivity contribution in [1.82, 2.24) is 0 Å². The molecule has 1 aliphatic rings. The fourth-order valence-electron chi connectivity index (χ4n) is 1.62. The van der Waals surface area contributed by atoms with Gasteiger partial charge in [0.1, 0.15) is 0 Å². The van der Waals surface area contributed by atoms with Crippen LogP contribution >= 0.6 is 0 Å². The minimum Gasteiger partial charge on any atom is -0.290 e. The predicted octanol–water partition coefficient (Wildman–Crippen LogP) is 2.64. The quantitative estimate of drug-likeness (QED) is 0.724. The molecule has 0 N–H and O–H groups in total. The lowest BCUT2D eigenvalue weighted by molar-refractivity contribution is -0.114. The highest BCUT2D eigenvalue weighted by Crippen LogP contribution is 2.11. The van der Waals surface area contributed by atoms with E-state index in [1.807, 2.05) is 37.3 Å². The van der Waals surface area contributed by atoms with Gasteiger partial charge in [-0.1, -0.05) is 42.0 Å². The molecule has 0 spiro atoms. The summed E-state index contributed by atoms with van der Waals surface area (Å²) >= 11 is 0. The number of benzene rings is 1. The molecule has 0 heterocycles. The highest BCUT2D eigenvalue weighted by atomic mass is 16.1. The first kappa shape index (κ1) is 11.3. The molecule has 1 aromatic carbocycles. The lowest BCUT2D eigenvalue weighted by Gasteiger charge is -2.01. The van der Waals surface area contributed by atoms with E-state index in [1.165, 1.54) is 18.2 Å². The van der Waals surface area contributed by atoms with Gasteiger partial charge < -0.3 is 0 Å². The summed E-state index contributed by atoms with van der Waals surface area (Å²) in [6.45, 7) is 2.01. The van der Waals surface area contributed by atoms with Crippen molar-refractivity contribution in [2.45, 2.75) is 6.92 Å². The van der Waals surface area contributed by atoms with Gasteiger partial charge in [-0.05, 0) is 30.7 Å². The van der Waals surface area contributed by atoms with Gasteiger partial charge in [0.25, 0.3) is 0 Å². The lowest BCUT2D eigenvalue weighted by atomic mass is 10.0. The molecule has 0 atom stereocenters. The first-order valence-electron chi connectivity index (χ1n) is 5.38. The van der Waals surface area contributed by atoms with Crippen molar-refractivity contribution in [3.8, 4) is 0 Å². The number of carbonyl (C=O) groups is 2. The fraction of sp³-hybridized carbons (Fsp3) is 0.0667. The van der Waals surface area contributed by atoms with E-state index in [9.17, 15) is 9.59 Å². The summed E-state index contributed by atoms with van der Waals surface area (Å²) in [6, 6.07) is 7.93. The standard InChI is InChI=1S/C15H12O2/c1-11-3-2-4-12(9-11)5-6-13-10-14(16)7-8-15(13)17/h2-10H,1H3/b6-5+. The number of hydrogen-bond acceptors (Lipinski definition) is 2. The SMILES string of the molecule is Cc1cccc(/C=C/C2=CC(=O)C=CC2=O)c1. The average molecular weight is 224 g/mol. The largest absolute Gasteiger partial charge is 0.290 e. The summed E-state index contributed by atoms with van der Waals surface area (Å²) in [5, 5.41) is 0. The van der Waals surface area contributed by atoms with Gasteiger partial charge in [0.05, 0.1) is 0 Å². The molecule has 0 fully saturated rings. The van der Waals surface area contributed by atoms with Gasteiger partial charge in [-0.25, -0.2) is 0 Å². The Bertz CT molecular complexity index is 560. The van der Waals surface area contributed by atoms with Crippen LogP contribution in [0.3, 0.4) is 0 Å². The van der Waals surface area contributed by atoms with E-state index >= 15 is 0 Å². The third-order valence-electron chi connectivity index (χ3n) is 2.48. The van der Waals surface area contributed by atoms with Gasteiger partial charge in [0.2, 0.25) is 0 Å². The maximum absolute atomic E-state index is 11.5. The van der Waals surface area contributed by atoms with Crippen molar-refractivity contribution in [3.63, 3.8) is 0 Å². The van der Waals surface area contributed by atoms with Crippen molar-refractivity contribution >= 4 is 17.6 Å². The van der Waals surface area contributed by atoms with Crippen LogP contribution in [-0.2, 0) is 9.59 Å². The zero-order valence-electron chi connectivity index (χ0n) is 9.51. The summed E-state index contributed by atoms with van der Waals surface area (Å²) < 4.78 is 0. The van der Waals surface area contributed by atoms with Crippen molar-refractivity contribution in [1.29, 1.82) is 0 Å². The number of allylic oxidation sites excluding steroid dienone is 5. The van der Waals surface area contributed by atoms with Crippen LogP contribution in [0.5, 0.6) is 0 Å². The Hall–Kier alpha value is -2.22. The molecule has 0 unspecified atom stereocenters. The van der Waals surface area contributed by atoms with Crippen molar-refractivity contribution in [2.75, 3.05) is 0 Å². The normalized spacial score (nSPS) is 15.5. The van der Waals surface area contributed by atoms with Gasteiger partial charge in [-0.15, -0.1) is 0 Å². The predicted molar refractivity (Wildman–Crippen MR) is 67.5 cm³/mol. The molecule has 1 aliphatic carbocycles. The van der Waals surface area contributed by atoms with Crippen LogP contribution in [0.4, 0.5) is 0 Å². The van der Waals surface area contributed by atoms with Gasteiger partial charge >= 0.3 is 0 Å². The zero-order valence-corrected chi connectivity index (χ0v) is 9.51.